The Balaban J connectivity index is 1.08. The quantitative estimate of drug-likeness (QED) is 0.203. The van der Waals surface area contributed by atoms with Crippen LogP contribution in [0.4, 0.5) is 23.4 Å². The molecular formula is C30H30F4N6O3S. The largest absolute Gasteiger partial charge is 0.401 e. The van der Waals surface area contributed by atoms with Crippen molar-refractivity contribution in [3.05, 3.63) is 77.1 Å². The van der Waals surface area contributed by atoms with Crippen molar-refractivity contribution in [1.29, 1.82) is 0 Å². The lowest BCUT2D eigenvalue weighted by atomic mass is 10.0. The van der Waals surface area contributed by atoms with E-state index in [1.54, 1.807) is 18.5 Å². The Morgan fingerprint density at radius 1 is 1.18 bits per heavy atom. The molecule has 14 heteroatoms. The average molecular weight is 631 g/mol. The van der Waals surface area contributed by atoms with Crippen molar-refractivity contribution in [2.24, 2.45) is 0 Å². The van der Waals surface area contributed by atoms with Crippen LogP contribution in [0, 0.1) is 5.82 Å². The first-order valence-corrected chi connectivity index (χ1v) is 16.3. The van der Waals surface area contributed by atoms with Gasteiger partial charge in [0, 0.05) is 53.7 Å². The van der Waals surface area contributed by atoms with Gasteiger partial charge in [0.05, 0.1) is 18.2 Å². The predicted octanol–water partition coefficient (Wildman–Crippen LogP) is 5.06. The summed E-state index contributed by atoms with van der Waals surface area (Å²) in [5.74, 6) is 3.76. The first kappa shape index (κ1) is 30.0. The van der Waals surface area contributed by atoms with Crippen LogP contribution < -0.4 is 5.32 Å². The number of carbonyl (C=O) groups excluding carboxylic acids is 1. The topological polar surface area (TPSA) is 116 Å². The van der Waals surface area contributed by atoms with Crippen LogP contribution >= 0.6 is 0 Å². The minimum atomic E-state index is -4.47. The SMILES string of the molecule is C=S1(=O)CCC(n2cc(Cc3ncc(-c4ccc(CC(=O)Nc5cc(C6(C(F)(F)F)CC6)on5)c(F)c4)cn3)c(CC)n2)C1. The van der Waals surface area contributed by atoms with Gasteiger partial charge in [-0.3, -0.25) is 13.7 Å². The highest BCUT2D eigenvalue weighted by Gasteiger charge is 2.66. The molecule has 4 heterocycles. The number of hydrogen-bond donors (Lipinski definition) is 1. The molecule has 2 atom stereocenters. The molecule has 0 spiro atoms. The smallest absolute Gasteiger partial charge is 0.358 e. The van der Waals surface area contributed by atoms with Crippen LogP contribution in [0.2, 0.25) is 0 Å². The molecule has 9 nitrogen and oxygen atoms in total. The normalized spacial score (nSPS) is 21.0. The molecule has 1 aliphatic heterocycles. The minimum absolute atomic E-state index is 0.0691. The van der Waals surface area contributed by atoms with E-state index in [4.69, 9.17) is 9.62 Å². The van der Waals surface area contributed by atoms with E-state index >= 15 is 0 Å². The van der Waals surface area contributed by atoms with Gasteiger partial charge in [0.2, 0.25) is 5.91 Å². The Morgan fingerprint density at radius 3 is 2.55 bits per heavy atom. The van der Waals surface area contributed by atoms with Gasteiger partial charge in [0.15, 0.2) is 11.6 Å². The van der Waals surface area contributed by atoms with Gasteiger partial charge < -0.3 is 9.84 Å². The highest BCUT2D eigenvalue weighted by Crippen LogP contribution is 2.59. The number of benzene rings is 1. The van der Waals surface area contributed by atoms with E-state index in [-0.39, 0.29) is 42.4 Å². The van der Waals surface area contributed by atoms with Crippen LogP contribution in [0.5, 0.6) is 0 Å². The Morgan fingerprint density at radius 2 is 1.93 bits per heavy atom. The third-order valence-corrected chi connectivity index (χ3v) is 10.2. The summed E-state index contributed by atoms with van der Waals surface area (Å²) in [5, 5.41) is 10.6. The van der Waals surface area contributed by atoms with Crippen molar-refractivity contribution < 1.29 is 31.1 Å². The van der Waals surface area contributed by atoms with Gasteiger partial charge >= 0.3 is 6.18 Å². The summed E-state index contributed by atoms with van der Waals surface area (Å²) >= 11 is 0. The van der Waals surface area contributed by atoms with Crippen LogP contribution in [-0.2, 0) is 39.0 Å². The Hall–Kier alpha value is -4.07. The number of nitrogens with zero attached hydrogens (tertiary/aromatic N) is 5. The molecule has 1 saturated carbocycles. The zero-order chi connectivity index (χ0) is 31.3. The van der Waals surface area contributed by atoms with E-state index in [1.165, 1.54) is 12.1 Å². The molecule has 1 saturated heterocycles. The highest BCUT2D eigenvalue weighted by atomic mass is 32.2. The fourth-order valence-corrected chi connectivity index (χ4v) is 7.41. The molecule has 1 aromatic carbocycles. The minimum Gasteiger partial charge on any atom is -0.358 e. The number of aryl methyl sites for hydroxylation is 1. The molecule has 2 aliphatic rings. The van der Waals surface area contributed by atoms with Crippen molar-refractivity contribution in [2.45, 2.75) is 63.1 Å². The maximum absolute atomic E-state index is 15.0. The number of carbonyl (C=O) groups is 1. The molecule has 1 amide bonds. The van der Waals surface area contributed by atoms with Crippen molar-refractivity contribution >= 4 is 27.1 Å². The molecule has 4 aromatic rings. The maximum Gasteiger partial charge on any atom is 0.401 e. The number of rotatable bonds is 9. The van der Waals surface area contributed by atoms with E-state index in [0.717, 1.165) is 30.2 Å². The van der Waals surface area contributed by atoms with E-state index in [0.29, 0.717) is 34.9 Å². The lowest BCUT2D eigenvalue weighted by molar-refractivity contribution is -0.165. The van der Waals surface area contributed by atoms with Crippen LogP contribution in [0.25, 0.3) is 11.1 Å². The van der Waals surface area contributed by atoms with Crippen molar-refractivity contribution in [3.8, 4) is 11.1 Å². The van der Waals surface area contributed by atoms with Crippen LogP contribution in [0.3, 0.4) is 0 Å². The lowest BCUT2D eigenvalue weighted by Crippen LogP contribution is -2.28. The zero-order valence-corrected chi connectivity index (χ0v) is 24.7. The summed E-state index contributed by atoms with van der Waals surface area (Å²) in [7, 11) is -2.04. The number of alkyl halides is 3. The van der Waals surface area contributed by atoms with Gasteiger partial charge in [0.25, 0.3) is 0 Å². The Bertz CT molecular complexity index is 1810. The van der Waals surface area contributed by atoms with E-state index in [9.17, 15) is 26.6 Å². The molecule has 1 N–H and O–H groups in total. The average Bonchev–Trinajstić information content (AvgIpc) is 3.30. The van der Waals surface area contributed by atoms with Gasteiger partial charge in [-0.05, 0) is 58.3 Å². The van der Waals surface area contributed by atoms with Gasteiger partial charge in [-0.2, -0.15) is 18.3 Å². The van der Waals surface area contributed by atoms with Gasteiger partial charge in [-0.15, -0.1) is 0 Å². The fraction of sp³-hybridized carbons (Fsp3) is 0.400. The number of halogens is 4. The molecule has 1 aliphatic carbocycles. The molecule has 2 unspecified atom stereocenters. The van der Waals surface area contributed by atoms with Gasteiger partial charge in [-0.25, -0.2) is 14.4 Å². The second-order valence-corrected chi connectivity index (χ2v) is 14.1. The number of amides is 1. The monoisotopic (exact) mass is 630 g/mol. The first-order chi connectivity index (χ1) is 20.9. The molecule has 6 rings (SSSR count). The second-order valence-electron chi connectivity index (χ2n) is 11.5. The van der Waals surface area contributed by atoms with E-state index < -0.39 is 32.8 Å². The third kappa shape index (κ3) is 5.99. The third-order valence-electron chi connectivity index (χ3n) is 8.26. The Labute approximate surface area is 251 Å². The predicted molar refractivity (Wildman–Crippen MR) is 156 cm³/mol. The molecule has 2 fully saturated rings. The fourth-order valence-electron chi connectivity index (χ4n) is 5.53. The molecule has 3 aromatic heterocycles. The molecule has 0 bridgehead atoms. The number of hydrogen-bond acceptors (Lipinski definition) is 7. The van der Waals surface area contributed by atoms with Crippen molar-refractivity contribution in [2.75, 3.05) is 16.8 Å². The summed E-state index contributed by atoms with van der Waals surface area (Å²) in [4.78, 5) is 21.4. The van der Waals surface area contributed by atoms with Crippen LogP contribution in [-0.4, -0.2) is 58.6 Å². The molecular weight excluding hydrogens is 600 g/mol. The Kier molecular flexibility index (Phi) is 7.58. The summed E-state index contributed by atoms with van der Waals surface area (Å²) in [5.41, 5.74) is 1.07. The molecule has 232 valence electrons. The molecule has 44 heavy (non-hydrogen) atoms. The van der Waals surface area contributed by atoms with Crippen molar-refractivity contribution in [1.82, 2.24) is 24.9 Å². The summed E-state index contributed by atoms with van der Waals surface area (Å²) in [6.45, 7) is 2.02. The number of nitrogens with one attached hydrogen (secondary N) is 1. The zero-order valence-electron chi connectivity index (χ0n) is 23.9. The highest BCUT2D eigenvalue weighted by molar-refractivity contribution is 8.00. The van der Waals surface area contributed by atoms with Gasteiger partial charge in [0.1, 0.15) is 17.1 Å². The molecule has 0 radical (unpaired) electrons. The van der Waals surface area contributed by atoms with E-state index in [1.807, 2.05) is 17.8 Å². The maximum atomic E-state index is 15.0. The van der Waals surface area contributed by atoms with Crippen LogP contribution in [0.15, 0.2) is 47.4 Å². The van der Waals surface area contributed by atoms with Crippen LogP contribution in [0.1, 0.15) is 60.6 Å². The van der Waals surface area contributed by atoms with E-state index in [2.05, 4.69) is 26.3 Å². The lowest BCUT2D eigenvalue weighted by Gasteiger charge is -2.14. The summed E-state index contributed by atoms with van der Waals surface area (Å²) < 4.78 is 74.0. The number of anilines is 1. The second kappa shape index (κ2) is 11.1. The summed E-state index contributed by atoms with van der Waals surface area (Å²) in [6.07, 6.45) is 2.13. The number of aromatic nitrogens is 5. The summed E-state index contributed by atoms with van der Waals surface area (Å²) in [6, 6.07) is 5.51. The van der Waals surface area contributed by atoms with Gasteiger partial charge in [-0.1, -0.05) is 24.2 Å². The standard InChI is InChI=1S/C30H30F4N6O3S/c1-3-24-20(16-40(38-24)22-6-9-44(2,42)17-22)11-26-35-14-21(15-36-26)18-4-5-19(23(31)10-18)12-28(41)37-27-13-25(43-39-27)29(7-8-29)30(32,33)34/h4-5,10,13-16,22H,2-3,6-9,11-12,17H2,1H3,(H,37,39,41). The van der Waals surface area contributed by atoms with Crippen molar-refractivity contribution in [3.63, 3.8) is 0 Å². The first-order valence-electron chi connectivity index (χ1n) is 14.2.